The Morgan fingerprint density at radius 3 is 1.07 bits per heavy atom. The number of ketones is 2. The number of nitrogens with zero attached hydrogens (tertiary/aromatic N) is 9. The van der Waals surface area contributed by atoms with Crippen LogP contribution in [0, 0.1) is 48.5 Å². The van der Waals surface area contributed by atoms with Crippen LogP contribution in [-0.2, 0) is 19.6 Å². The summed E-state index contributed by atoms with van der Waals surface area (Å²) in [6.45, 7) is 15.8. The summed E-state index contributed by atoms with van der Waals surface area (Å²) >= 11 is 17.3. The molecule has 0 aliphatic carbocycles. The van der Waals surface area contributed by atoms with Gasteiger partial charge in [0.1, 0.15) is 0 Å². The first kappa shape index (κ1) is 117. The molecule has 7 N–H and O–H groups in total. The van der Waals surface area contributed by atoms with Crippen LogP contribution in [-0.4, -0.2) is 66.5 Å². The van der Waals surface area contributed by atoms with Crippen LogP contribution in [0.15, 0.2) is 297 Å². The van der Waals surface area contributed by atoms with Gasteiger partial charge in [0.15, 0.2) is 26.3 Å². The van der Waals surface area contributed by atoms with Crippen LogP contribution in [0.1, 0.15) is 157 Å². The molecule has 16 rings (SSSR count). The molecule has 0 radical (unpaired) electrons. The third-order valence-electron chi connectivity index (χ3n) is 16.7. The van der Waals surface area contributed by atoms with E-state index in [1.54, 1.807) is 47.3 Å². The number of anilines is 1. The Hall–Kier alpha value is -11.2. The van der Waals surface area contributed by atoms with Crippen LogP contribution in [0.4, 0.5) is 5.13 Å². The standard InChI is InChI=1S/C16H14N2S.C15H11ClN2S.C15H13N3S.C15H12N2OS.C15H15NO.C14H13NO.CH4N2S.10CH4.2ClH.Cu/c1-11-10-14(8-9-17-11)16-15(18-12(2)19-16)13-6-4-3-5-7-13;2*1-10-9-12(7-8-17-10)14-13(18-15(16)19-14)11-5-3-2-4-6-11;1-10-17-14(11-5-3-2-4-6-11)15(19-10)12-7-8-16-13(18)9-12;1-11-10-14(8-9-16-11)12(2)15(17)13-6-4-3-5-7-13;1-11-9-12(7-8-15-11)10-14(16)13-5-3-2-4-6-13;2-1(3)4;;;;;;;;;;;;;/h3-10H,1-2H3;2-9H,1H3;2-9H,1H3,(H2,16,18);2-9H,1H3,(H,16,18);3-10,12H,1-2H3;2-9H,10H2,1H3;(H4,2,3,4);10*1H4;2*1H;/q;;;;;;;;;;;;;;;;;;;+2/p-2. The molecule has 25 heteroatoms. The number of carbonyl (C=O) groups excluding carboxylic acids is 2. The molecule has 0 amide bonds. The van der Waals surface area contributed by atoms with E-state index in [0.717, 1.165) is 150 Å². The zero-order valence-corrected chi connectivity index (χ0v) is 71.7. The van der Waals surface area contributed by atoms with Crippen LogP contribution >= 0.6 is 89.4 Å². The second kappa shape index (κ2) is 60.4. The van der Waals surface area contributed by atoms with Crippen molar-refractivity contribution in [3.8, 4) is 86.8 Å². The summed E-state index contributed by atoms with van der Waals surface area (Å²) in [5, 5.41) is 2.67. The zero-order valence-electron chi connectivity index (χ0n) is 64.5. The molecule has 126 heavy (non-hydrogen) atoms. The number of halogens is 3. The molecule has 0 aliphatic rings. The van der Waals surface area contributed by atoms with Gasteiger partial charge in [-0.25, -0.2) is 19.9 Å². The summed E-state index contributed by atoms with van der Waals surface area (Å²) in [4.78, 5) is 81.8. The predicted octanol–water partition coefficient (Wildman–Crippen LogP) is 29.7. The van der Waals surface area contributed by atoms with Gasteiger partial charge in [-0.1, -0.05) is 286 Å². The van der Waals surface area contributed by atoms with E-state index >= 15 is 0 Å². The molecule has 1 atom stereocenters. The summed E-state index contributed by atoms with van der Waals surface area (Å²) in [7, 11) is 9.34. The third-order valence-corrected chi connectivity index (χ3v) is 20.9. The van der Waals surface area contributed by atoms with Crippen LogP contribution < -0.4 is 22.8 Å². The Morgan fingerprint density at radius 2 is 0.706 bits per heavy atom. The maximum atomic E-state index is 12.2. The number of aromatic amines is 1. The Bertz CT molecular complexity index is 5570. The number of hydrogen-bond acceptors (Lipinski definition) is 18. The summed E-state index contributed by atoms with van der Waals surface area (Å²) in [6.07, 6.45) is 11.1. The quantitative estimate of drug-likeness (QED) is 0.0448. The molecule has 10 aromatic heterocycles. The van der Waals surface area contributed by atoms with Crippen LogP contribution in [0.3, 0.4) is 0 Å². The molecule has 16 aromatic rings. The number of nitrogens with one attached hydrogen (secondary N) is 1. The second-order valence-electron chi connectivity index (χ2n) is 25.6. The van der Waals surface area contributed by atoms with Gasteiger partial charge in [-0.3, -0.25) is 39.3 Å². The van der Waals surface area contributed by atoms with Crippen molar-refractivity contribution in [2.24, 2.45) is 11.5 Å². The van der Waals surface area contributed by atoms with E-state index in [9.17, 15) is 14.4 Å². The first-order chi connectivity index (χ1) is 56.0. The topological polar surface area (TPSA) is 261 Å². The number of aromatic nitrogens is 10. The van der Waals surface area contributed by atoms with E-state index in [-0.39, 0.29) is 102 Å². The van der Waals surface area contributed by atoms with E-state index in [2.05, 4.69) is 131 Å². The molecular formula is C101H122Cl3CuN13O3S5. The van der Waals surface area contributed by atoms with Crippen molar-refractivity contribution in [2.75, 3.05) is 5.73 Å². The number of hydrogen-bond donors (Lipinski definition) is 4. The number of nitrogens with two attached hydrogens (primary N) is 3. The summed E-state index contributed by atoms with van der Waals surface area (Å²) < 4.78 is 0.559. The molecule has 0 fully saturated rings. The number of carbonyl (C=O) groups is 2. The molecule has 10 heterocycles. The molecule has 0 spiro atoms. The Balaban J connectivity index is 0. The molecule has 1 unspecified atom stereocenters. The number of aryl methyl sites for hydroxylation is 7. The van der Waals surface area contributed by atoms with E-state index < -0.39 is 0 Å². The van der Waals surface area contributed by atoms with Crippen LogP contribution in [0.2, 0.25) is 4.47 Å². The fourth-order valence-corrected chi connectivity index (χ4v) is 15.4. The van der Waals surface area contributed by atoms with Gasteiger partial charge in [-0.2, -0.15) is 0 Å². The van der Waals surface area contributed by atoms with E-state index in [0.29, 0.717) is 16.0 Å². The van der Waals surface area contributed by atoms with Gasteiger partial charge >= 0.3 is 33.3 Å². The van der Waals surface area contributed by atoms with Crippen molar-refractivity contribution in [3.05, 3.63) is 368 Å². The molecule has 671 valence electrons. The van der Waals surface area contributed by atoms with Gasteiger partial charge in [0.25, 0.3) is 0 Å². The summed E-state index contributed by atoms with van der Waals surface area (Å²) in [5.41, 5.74) is 36.1. The first-order valence-corrected chi connectivity index (χ1v) is 42.6. The zero-order chi connectivity index (χ0) is 82.9. The second-order valence-corrected chi connectivity index (χ2v) is 32.6. The Kier molecular flexibility index (Phi) is 56.0. The number of rotatable bonds is 14. The third kappa shape index (κ3) is 36.4. The summed E-state index contributed by atoms with van der Waals surface area (Å²) in [6, 6.07) is 82.8. The van der Waals surface area contributed by atoms with Crippen molar-refractivity contribution in [2.45, 2.75) is 142 Å². The molecule has 6 aromatic carbocycles. The molecule has 0 aliphatic heterocycles. The molecule has 16 nitrogen and oxygen atoms in total. The number of Topliss-reactive ketones (excluding diaryl/α,β-unsaturated/α-hetero) is 2. The monoisotopic (exact) mass is 1890 g/mol. The van der Waals surface area contributed by atoms with Crippen molar-refractivity contribution in [1.82, 2.24) is 49.8 Å². The maximum absolute atomic E-state index is 12.2. The summed E-state index contributed by atoms with van der Waals surface area (Å²) in [5.74, 6) is 0.168. The average Bonchev–Trinajstić information content (AvgIpc) is 1.68. The Morgan fingerprint density at radius 1 is 0.397 bits per heavy atom. The van der Waals surface area contributed by atoms with Crippen molar-refractivity contribution >= 4 is 111 Å². The molecular weight excluding hydrogens is 1770 g/mol. The van der Waals surface area contributed by atoms with Crippen molar-refractivity contribution < 1.29 is 22.7 Å². The minimum atomic E-state index is -0.126. The van der Waals surface area contributed by atoms with Gasteiger partial charge in [0.05, 0.1) is 52.3 Å². The Labute approximate surface area is 790 Å². The van der Waals surface area contributed by atoms with Crippen LogP contribution in [0.25, 0.3) is 86.8 Å². The SMILES string of the molecule is C.C.C.C.C.C.C.C.C.C.Cc1cc(-c2sc(C)nc2-c2ccccc2)ccn1.Cc1cc(-c2sc(Cl)nc2-c2ccccc2)ccn1.Cc1cc(-c2sc(N)nc2-c2ccccc2)ccn1.Cc1cc(C(C)C(=O)c2ccccc2)ccn1.Cc1cc(CC(=O)c2ccccc2)ccn1.Cc1nc(-c2ccccc2)c(-c2cc[nH]c(=O)c2)s1.NC(N)=S.[Cl][Cu][Cl]. The fraction of sp³-hybridized carbons (Fsp3) is 0.198. The van der Waals surface area contributed by atoms with Crippen molar-refractivity contribution in [3.63, 3.8) is 0 Å². The number of H-pyrrole nitrogens is 1. The van der Waals surface area contributed by atoms with Gasteiger partial charge in [0, 0.05) is 123 Å². The normalized spacial score (nSPS) is 9.67. The number of thiocarbonyl (C=S) groups is 1. The van der Waals surface area contributed by atoms with Gasteiger partial charge in [0.2, 0.25) is 5.56 Å². The molecule has 0 saturated carbocycles. The first-order valence-electron chi connectivity index (χ1n) is 36.0. The average molecular weight is 1900 g/mol. The number of benzene rings is 6. The minimum absolute atomic E-state index is 0. The fourth-order valence-electron chi connectivity index (χ4n) is 11.5. The van der Waals surface area contributed by atoms with Crippen LogP contribution in [0.5, 0.6) is 0 Å². The number of pyridine rings is 6. The van der Waals surface area contributed by atoms with Crippen molar-refractivity contribution in [1.29, 1.82) is 0 Å². The molecule has 0 saturated heterocycles. The number of nitrogen functional groups attached to an aromatic ring is 1. The number of thiazole rings is 4. The van der Waals surface area contributed by atoms with E-state index in [4.69, 9.17) is 17.3 Å². The molecule has 0 bridgehead atoms. The predicted molar refractivity (Wildman–Crippen MR) is 551 cm³/mol. The van der Waals surface area contributed by atoms with Gasteiger partial charge in [-0.05, 0) is 155 Å². The van der Waals surface area contributed by atoms with Gasteiger partial charge in [-0.15, -0.1) is 34.0 Å². The van der Waals surface area contributed by atoms with E-state index in [1.807, 2.05) is 285 Å². The van der Waals surface area contributed by atoms with Gasteiger partial charge < -0.3 is 22.2 Å². The van der Waals surface area contributed by atoms with E-state index in [1.165, 1.54) is 33.1 Å².